The molecule has 1 atom stereocenters. The molecule has 0 saturated heterocycles. The Labute approximate surface area is 158 Å². The summed E-state index contributed by atoms with van der Waals surface area (Å²) in [5.41, 5.74) is -1.14. The third kappa shape index (κ3) is 3.53. The largest absolute Gasteiger partial charge is 0.497 e. The molecule has 1 aliphatic rings. The predicted octanol–water partition coefficient (Wildman–Crippen LogP) is 3.41. The molecule has 0 spiro atoms. The minimum absolute atomic E-state index is 0.0339. The van der Waals surface area contributed by atoms with Crippen LogP contribution in [0, 0.1) is 0 Å². The van der Waals surface area contributed by atoms with Crippen LogP contribution in [0.2, 0.25) is 0 Å². The quantitative estimate of drug-likeness (QED) is 0.897. The van der Waals surface area contributed by atoms with Gasteiger partial charge in [0, 0.05) is 12.0 Å². The van der Waals surface area contributed by atoms with E-state index in [2.05, 4.69) is 0 Å². The van der Waals surface area contributed by atoms with Crippen LogP contribution in [-0.4, -0.2) is 29.8 Å². The van der Waals surface area contributed by atoms with Crippen molar-refractivity contribution in [3.8, 4) is 5.75 Å². The normalized spacial score (nSPS) is 19.0. The van der Waals surface area contributed by atoms with Crippen LogP contribution in [0.4, 0.5) is 10.5 Å². The zero-order valence-corrected chi connectivity index (χ0v) is 15.9. The Hall–Kier alpha value is -2.86. The van der Waals surface area contributed by atoms with Gasteiger partial charge in [-0.15, -0.1) is 0 Å². The Kier molecular flexibility index (Phi) is 4.70. The maximum Gasteiger partial charge on any atom is 0.421 e. The second-order valence-corrected chi connectivity index (χ2v) is 7.52. The van der Waals surface area contributed by atoms with Crippen LogP contribution in [0.25, 0.3) is 0 Å². The number of rotatable bonds is 3. The Morgan fingerprint density at radius 1 is 1.11 bits per heavy atom. The van der Waals surface area contributed by atoms with Crippen LogP contribution in [0.3, 0.4) is 0 Å². The molecule has 1 N–H and O–H groups in total. The molecule has 0 bridgehead atoms. The monoisotopic (exact) mass is 369 g/mol. The molecule has 2 amide bonds. The molecule has 0 radical (unpaired) electrons. The van der Waals surface area contributed by atoms with Crippen molar-refractivity contribution < 1.29 is 24.2 Å². The van der Waals surface area contributed by atoms with Crippen LogP contribution in [0.1, 0.15) is 31.9 Å². The van der Waals surface area contributed by atoms with E-state index in [4.69, 9.17) is 9.47 Å². The highest BCUT2D eigenvalue weighted by Gasteiger charge is 2.52. The lowest BCUT2D eigenvalue weighted by atomic mass is 9.88. The number of fused-ring (bicyclic) bond motifs is 1. The SMILES string of the molecule is COc1ccc(C[C@]2(O)C(=O)N(C(=O)OC(C)(C)C)c3ccccc32)cc1. The van der Waals surface area contributed by atoms with Crippen LogP contribution in [0.5, 0.6) is 5.75 Å². The molecule has 2 aromatic carbocycles. The second kappa shape index (κ2) is 6.70. The van der Waals surface area contributed by atoms with E-state index in [-0.39, 0.29) is 6.42 Å². The lowest BCUT2D eigenvalue weighted by molar-refractivity contribution is -0.135. The molecule has 6 nitrogen and oxygen atoms in total. The standard InChI is InChI=1S/C21H23NO5/c1-20(2,3)27-19(24)22-17-8-6-5-7-16(17)21(25,18(22)23)13-14-9-11-15(26-4)12-10-14/h5-12,25H,13H2,1-4H3/t21-/m1/s1. The Bertz CT molecular complexity index is 869. The molecule has 27 heavy (non-hydrogen) atoms. The van der Waals surface area contributed by atoms with Gasteiger partial charge in [0.1, 0.15) is 11.4 Å². The number of carbonyl (C=O) groups excluding carboxylic acids is 2. The minimum Gasteiger partial charge on any atom is -0.497 e. The first kappa shape index (κ1) is 18.9. The lowest BCUT2D eigenvalue weighted by Gasteiger charge is -2.25. The summed E-state index contributed by atoms with van der Waals surface area (Å²) >= 11 is 0. The zero-order valence-electron chi connectivity index (χ0n) is 15.9. The van der Waals surface area contributed by atoms with E-state index in [1.807, 2.05) is 0 Å². The van der Waals surface area contributed by atoms with Gasteiger partial charge in [0.15, 0.2) is 5.60 Å². The van der Waals surface area contributed by atoms with Crippen LogP contribution < -0.4 is 9.64 Å². The summed E-state index contributed by atoms with van der Waals surface area (Å²) in [4.78, 5) is 26.6. The summed E-state index contributed by atoms with van der Waals surface area (Å²) in [5, 5.41) is 11.3. The first-order valence-electron chi connectivity index (χ1n) is 8.68. The fourth-order valence-electron chi connectivity index (χ4n) is 3.13. The molecule has 2 aromatic rings. The van der Waals surface area contributed by atoms with Crippen LogP contribution in [0.15, 0.2) is 48.5 Å². The maximum absolute atomic E-state index is 13.1. The average molecular weight is 369 g/mol. The minimum atomic E-state index is -1.85. The lowest BCUT2D eigenvalue weighted by Crippen LogP contribution is -2.46. The molecule has 3 rings (SSSR count). The topological polar surface area (TPSA) is 76.1 Å². The van der Waals surface area contributed by atoms with Gasteiger partial charge in [-0.25, -0.2) is 9.69 Å². The van der Waals surface area contributed by atoms with E-state index in [9.17, 15) is 14.7 Å². The number of nitrogens with zero attached hydrogens (tertiary/aromatic N) is 1. The number of hydrogen-bond donors (Lipinski definition) is 1. The Morgan fingerprint density at radius 2 is 1.74 bits per heavy atom. The van der Waals surface area contributed by atoms with Crippen molar-refractivity contribution in [1.29, 1.82) is 0 Å². The molecular weight excluding hydrogens is 346 g/mol. The van der Waals surface area contributed by atoms with Crippen molar-refractivity contribution in [2.75, 3.05) is 12.0 Å². The summed E-state index contributed by atoms with van der Waals surface area (Å²) < 4.78 is 10.5. The van der Waals surface area contributed by atoms with Crippen molar-refractivity contribution in [1.82, 2.24) is 0 Å². The zero-order chi connectivity index (χ0) is 19.8. The number of anilines is 1. The molecule has 0 fully saturated rings. The number of hydrogen-bond acceptors (Lipinski definition) is 5. The fraction of sp³-hybridized carbons (Fsp3) is 0.333. The summed E-state index contributed by atoms with van der Waals surface area (Å²) in [6, 6.07) is 13.8. The van der Waals surface area contributed by atoms with E-state index in [0.717, 1.165) is 10.5 Å². The molecule has 1 heterocycles. The highest BCUT2D eigenvalue weighted by atomic mass is 16.6. The molecule has 0 aliphatic carbocycles. The molecule has 0 saturated carbocycles. The second-order valence-electron chi connectivity index (χ2n) is 7.52. The first-order chi connectivity index (χ1) is 12.7. The molecular formula is C21H23NO5. The van der Waals surface area contributed by atoms with E-state index in [0.29, 0.717) is 17.0 Å². The number of imide groups is 1. The molecule has 6 heteroatoms. The van der Waals surface area contributed by atoms with Crippen molar-refractivity contribution in [3.63, 3.8) is 0 Å². The highest BCUT2D eigenvalue weighted by Crippen LogP contribution is 2.42. The molecule has 142 valence electrons. The number of methoxy groups -OCH3 is 1. The van der Waals surface area contributed by atoms with Crippen molar-refractivity contribution >= 4 is 17.7 Å². The maximum atomic E-state index is 13.1. The third-order valence-electron chi connectivity index (χ3n) is 4.34. The van der Waals surface area contributed by atoms with Gasteiger partial charge in [-0.2, -0.15) is 0 Å². The van der Waals surface area contributed by atoms with Crippen LogP contribution in [-0.2, 0) is 21.6 Å². The molecule has 1 aliphatic heterocycles. The summed E-state index contributed by atoms with van der Waals surface area (Å²) in [6.07, 6.45) is -0.766. The molecule has 0 unspecified atom stereocenters. The summed E-state index contributed by atoms with van der Waals surface area (Å²) in [6.45, 7) is 5.17. The summed E-state index contributed by atoms with van der Waals surface area (Å²) in [7, 11) is 1.57. The van der Waals surface area contributed by atoms with Gasteiger partial charge in [-0.3, -0.25) is 4.79 Å². The van der Waals surface area contributed by atoms with E-state index in [1.54, 1.807) is 76.4 Å². The number of carbonyl (C=O) groups is 2. The van der Waals surface area contributed by atoms with Gasteiger partial charge in [0.25, 0.3) is 5.91 Å². The number of aliphatic hydroxyl groups is 1. The predicted molar refractivity (Wildman–Crippen MR) is 101 cm³/mol. The fourth-order valence-corrected chi connectivity index (χ4v) is 3.13. The highest BCUT2D eigenvalue weighted by molar-refractivity contribution is 6.20. The average Bonchev–Trinajstić information content (AvgIpc) is 2.82. The van der Waals surface area contributed by atoms with E-state index in [1.165, 1.54) is 0 Å². The smallest absolute Gasteiger partial charge is 0.421 e. The van der Waals surface area contributed by atoms with E-state index < -0.39 is 23.2 Å². The van der Waals surface area contributed by atoms with Gasteiger partial charge in [0.2, 0.25) is 0 Å². The van der Waals surface area contributed by atoms with Crippen molar-refractivity contribution in [2.24, 2.45) is 0 Å². The third-order valence-corrected chi connectivity index (χ3v) is 4.34. The Morgan fingerprint density at radius 3 is 2.33 bits per heavy atom. The molecule has 0 aromatic heterocycles. The number of benzene rings is 2. The van der Waals surface area contributed by atoms with Gasteiger partial charge in [-0.1, -0.05) is 30.3 Å². The van der Waals surface area contributed by atoms with Gasteiger partial charge in [-0.05, 0) is 44.5 Å². The van der Waals surface area contributed by atoms with Crippen LogP contribution >= 0.6 is 0 Å². The number of ether oxygens (including phenoxy) is 2. The van der Waals surface area contributed by atoms with Crippen molar-refractivity contribution in [3.05, 3.63) is 59.7 Å². The summed E-state index contributed by atoms with van der Waals surface area (Å²) in [5.74, 6) is -0.0342. The number of para-hydroxylation sites is 1. The van der Waals surface area contributed by atoms with Gasteiger partial charge in [0.05, 0.1) is 12.8 Å². The van der Waals surface area contributed by atoms with E-state index >= 15 is 0 Å². The van der Waals surface area contributed by atoms with Gasteiger partial charge >= 0.3 is 6.09 Å². The van der Waals surface area contributed by atoms with Gasteiger partial charge < -0.3 is 14.6 Å². The first-order valence-corrected chi connectivity index (χ1v) is 8.68. The van der Waals surface area contributed by atoms with Crippen molar-refractivity contribution in [2.45, 2.75) is 38.4 Å². The Balaban J connectivity index is 1.98. The number of amides is 2.